The van der Waals surface area contributed by atoms with E-state index < -0.39 is 5.97 Å². The molecule has 0 heterocycles. The van der Waals surface area contributed by atoms with Crippen LogP contribution in [0, 0.1) is 0 Å². The van der Waals surface area contributed by atoms with Gasteiger partial charge in [-0.1, -0.05) is 13.8 Å². The minimum atomic E-state index is -1.05. The topological polar surface area (TPSA) is 66.8 Å². The first-order valence-electron chi connectivity index (χ1n) is 6.61. The first-order valence-corrected chi connectivity index (χ1v) is 6.61. The lowest BCUT2D eigenvalue weighted by Gasteiger charge is -2.31. The van der Waals surface area contributed by atoms with Gasteiger partial charge in [0.05, 0.1) is 6.61 Å². The van der Waals surface area contributed by atoms with Crippen molar-refractivity contribution in [2.24, 2.45) is 0 Å². The second-order valence-corrected chi connectivity index (χ2v) is 4.52. The molecule has 19 heavy (non-hydrogen) atoms. The summed E-state index contributed by atoms with van der Waals surface area (Å²) in [6.07, 6.45) is 1.68. The Morgan fingerprint density at radius 2 is 1.68 bits per heavy atom. The summed E-state index contributed by atoms with van der Waals surface area (Å²) in [5, 5.41) is 8.96. The van der Waals surface area contributed by atoms with Gasteiger partial charge < -0.3 is 14.7 Å². The maximum absolute atomic E-state index is 12.4. The zero-order valence-corrected chi connectivity index (χ0v) is 12.5. The van der Waals surface area contributed by atoms with E-state index in [-0.39, 0.29) is 23.1 Å². The molecule has 0 unspecified atom stereocenters. The highest BCUT2D eigenvalue weighted by atomic mass is 16.5. The molecule has 0 aliphatic carbocycles. The van der Waals surface area contributed by atoms with Crippen LogP contribution >= 0.6 is 0 Å². The Kier molecular flexibility index (Phi) is 8.07. The molecule has 1 amide bonds. The largest absolute Gasteiger partial charge is 0.478 e. The third kappa shape index (κ3) is 5.03. The molecule has 0 aliphatic heterocycles. The van der Waals surface area contributed by atoms with E-state index in [1.807, 2.05) is 13.8 Å². The van der Waals surface area contributed by atoms with Crippen molar-refractivity contribution in [1.29, 1.82) is 0 Å². The number of nitrogens with zero attached hydrogens (tertiary/aromatic N) is 1. The average molecular weight is 271 g/mol. The Morgan fingerprint density at radius 3 is 2.05 bits per heavy atom. The molecule has 0 atom stereocenters. The lowest BCUT2D eigenvalue weighted by Crippen LogP contribution is -2.42. The zero-order valence-electron chi connectivity index (χ0n) is 12.5. The number of methoxy groups -OCH3 is 1. The van der Waals surface area contributed by atoms with Crippen LogP contribution in [0.4, 0.5) is 0 Å². The molecule has 0 aliphatic rings. The van der Waals surface area contributed by atoms with Crippen LogP contribution in [-0.4, -0.2) is 48.2 Å². The summed E-state index contributed by atoms with van der Waals surface area (Å²) in [6.45, 7) is 7.98. The Balaban J connectivity index is 5.20. The van der Waals surface area contributed by atoms with E-state index in [4.69, 9.17) is 9.84 Å². The fraction of sp³-hybridized carbons (Fsp3) is 0.714. The van der Waals surface area contributed by atoms with Crippen molar-refractivity contribution >= 4 is 11.9 Å². The Bertz CT molecular complexity index is 345. The number of carbonyl (C=O) groups excluding carboxylic acids is 1. The van der Waals surface area contributed by atoms with Gasteiger partial charge >= 0.3 is 5.97 Å². The Labute approximate surface area is 115 Å². The summed E-state index contributed by atoms with van der Waals surface area (Å²) in [7, 11) is 1.58. The number of amides is 1. The molecule has 5 nitrogen and oxygen atoms in total. The third-order valence-corrected chi connectivity index (χ3v) is 3.38. The van der Waals surface area contributed by atoms with Crippen molar-refractivity contribution in [3.63, 3.8) is 0 Å². The smallest absolute Gasteiger partial charge is 0.331 e. The summed E-state index contributed by atoms with van der Waals surface area (Å²) >= 11 is 0. The summed E-state index contributed by atoms with van der Waals surface area (Å²) in [5.41, 5.74) is 0.383. The maximum atomic E-state index is 12.4. The van der Waals surface area contributed by atoms with Gasteiger partial charge in [0.2, 0.25) is 5.91 Å². The highest BCUT2D eigenvalue weighted by molar-refractivity contribution is 6.01. The van der Waals surface area contributed by atoms with Gasteiger partial charge in [-0.3, -0.25) is 4.79 Å². The molecule has 1 N–H and O–H groups in total. The predicted molar refractivity (Wildman–Crippen MR) is 74.0 cm³/mol. The van der Waals surface area contributed by atoms with Crippen LogP contribution in [0.5, 0.6) is 0 Å². The van der Waals surface area contributed by atoms with E-state index in [1.165, 1.54) is 6.92 Å². The van der Waals surface area contributed by atoms with Gasteiger partial charge in [0.25, 0.3) is 0 Å². The van der Waals surface area contributed by atoms with E-state index in [2.05, 4.69) is 0 Å². The van der Waals surface area contributed by atoms with Crippen molar-refractivity contribution in [3.8, 4) is 0 Å². The van der Waals surface area contributed by atoms with Crippen LogP contribution in [0.25, 0.3) is 0 Å². The molecule has 0 saturated heterocycles. The molecular weight excluding hydrogens is 246 g/mol. The second kappa shape index (κ2) is 8.69. The third-order valence-electron chi connectivity index (χ3n) is 3.38. The standard InChI is InChI=1S/C14H25NO4/c1-6-12(7-2)15(8-9-19-5)13(16)10(3)11(4)14(17)18/h12H,6-9H2,1-5H3,(H,17,18). The first-order chi connectivity index (χ1) is 8.90. The molecule has 0 aromatic rings. The maximum Gasteiger partial charge on any atom is 0.331 e. The molecule has 0 aromatic carbocycles. The van der Waals surface area contributed by atoms with Gasteiger partial charge in [-0.2, -0.15) is 0 Å². The van der Waals surface area contributed by atoms with E-state index in [9.17, 15) is 9.59 Å². The molecule has 0 spiro atoms. The molecule has 0 bridgehead atoms. The van der Waals surface area contributed by atoms with Crippen LogP contribution in [0.1, 0.15) is 40.5 Å². The number of ether oxygens (including phenoxy) is 1. The number of rotatable bonds is 8. The molecule has 0 rings (SSSR count). The monoisotopic (exact) mass is 271 g/mol. The number of hydrogen-bond acceptors (Lipinski definition) is 3. The van der Waals surface area contributed by atoms with Crippen LogP contribution < -0.4 is 0 Å². The average Bonchev–Trinajstić information content (AvgIpc) is 2.40. The number of aliphatic carboxylic acids is 1. The van der Waals surface area contributed by atoms with Gasteiger partial charge in [0.1, 0.15) is 0 Å². The van der Waals surface area contributed by atoms with Crippen LogP contribution in [0.3, 0.4) is 0 Å². The zero-order chi connectivity index (χ0) is 15.0. The van der Waals surface area contributed by atoms with Gasteiger partial charge in [-0.05, 0) is 26.7 Å². The molecular formula is C14H25NO4. The number of carboxylic acids is 1. The van der Waals surface area contributed by atoms with E-state index in [0.29, 0.717) is 13.2 Å². The Morgan fingerprint density at radius 1 is 1.16 bits per heavy atom. The predicted octanol–water partition coefficient (Wildman–Crippen LogP) is 2.07. The molecule has 110 valence electrons. The van der Waals surface area contributed by atoms with Crippen molar-refractivity contribution in [3.05, 3.63) is 11.1 Å². The van der Waals surface area contributed by atoms with Gasteiger partial charge in [0.15, 0.2) is 0 Å². The van der Waals surface area contributed by atoms with E-state index >= 15 is 0 Å². The quantitative estimate of drug-likeness (QED) is 0.686. The van der Waals surface area contributed by atoms with Crippen molar-refractivity contribution in [2.45, 2.75) is 46.6 Å². The fourth-order valence-corrected chi connectivity index (χ4v) is 1.91. The molecule has 5 heteroatoms. The minimum absolute atomic E-state index is 0.0957. The van der Waals surface area contributed by atoms with Crippen molar-refractivity contribution in [2.75, 3.05) is 20.3 Å². The van der Waals surface area contributed by atoms with Gasteiger partial charge in [-0.15, -0.1) is 0 Å². The number of hydrogen-bond donors (Lipinski definition) is 1. The van der Waals surface area contributed by atoms with Crippen LogP contribution in [0.15, 0.2) is 11.1 Å². The Hall–Kier alpha value is -1.36. The summed E-state index contributed by atoms with van der Waals surface area (Å²) in [5.74, 6) is -1.27. The normalized spacial score (nSPS) is 12.3. The minimum Gasteiger partial charge on any atom is -0.478 e. The molecule has 0 aromatic heterocycles. The lowest BCUT2D eigenvalue weighted by molar-refractivity contribution is -0.134. The van der Waals surface area contributed by atoms with Crippen LogP contribution in [-0.2, 0) is 14.3 Å². The number of carboxylic acid groups (broad SMARTS) is 1. The van der Waals surface area contributed by atoms with Gasteiger partial charge in [-0.25, -0.2) is 4.79 Å². The van der Waals surface area contributed by atoms with Crippen LogP contribution in [0.2, 0.25) is 0 Å². The van der Waals surface area contributed by atoms with E-state index in [1.54, 1.807) is 18.9 Å². The summed E-state index contributed by atoms with van der Waals surface area (Å²) in [4.78, 5) is 25.1. The number of carbonyl (C=O) groups is 2. The second-order valence-electron chi connectivity index (χ2n) is 4.52. The first kappa shape index (κ1) is 17.6. The SMILES string of the molecule is CCC(CC)N(CCOC)C(=O)C(C)=C(C)C(=O)O. The molecule has 0 radical (unpaired) electrons. The summed E-state index contributed by atoms with van der Waals surface area (Å²) in [6, 6.07) is 0.110. The highest BCUT2D eigenvalue weighted by Gasteiger charge is 2.24. The van der Waals surface area contributed by atoms with E-state index in [0.717, 1.165) is 12.8 Å². The molecule has 0 fully saturated rings. The fourth-order valence-electron chi connectivity index (χ4n) is 1.91. The van der Waals surface area contributed by atoms with Crippen molar-refractivity contribution in [1.82, 2.24) is 4.90 Å². The summed E-state index contributed by atoms with van der Waals surface area (Å²) < 4.78 is 5.02. The van der Waals surface area contributed by atoms with Crippen molar-refractivity contribution < 1.29 is 19.4 Å². The molecule has 0 saturated carbocycles. The van der Waals surface area contributed by atoms with Gasteiger partial charge in [0, 0.05) is 30.8 Å². The highest BCUT2D eigenvalue weighted by Crippen LogP contribution is 2.15. The lowest BCUT2D eigenvalue weighted by atomic mass is 10.1.